The maximum absolute atomic E-state index is 11.8. The van der Waals surface area contributed by atoms with Gasteiger partial charge in [-0.15, -0.1) is 0 Å². The quantitative estimate of drug-likeness (QED) is 0.306. The number of primary amides is 1. The molecule has 0 radical (unpaired) electrons. The van der Waals surface area contributed by atoms with E-state index in [1.165, 1.54) is 53.4 Å². The number of carbonyl (C=O) groups excluding carboxylic acids is 5. The fraction of sp³-hybridized carbons (Fsp3) is 0.129. The van der Waals surface area contributed by atoms with Gasteiger partial charge in [0.05, 0.1) is 30.2 Å². The number of aromatic nitrogens is 2. The van der Waals surface area contributed by atoms with Gasteiger partial charge in [0, 0.05) is 19.3 Å². The van der Waals surface area contributed by atoms with Crippen molar-refractivity contribution in [1.29, 1.82) is 0 Å². The first-order chi connectivity index (χ1) is 19.7. The van der Waals surface area contributed by atoms with Crippen molar-refractivity contribution >= 4 is 40.9 Å². The highest BCUT2D eigenvalue weighted by Gasteiger charge is 2.42. The third-order valence-electron chi connectivity index (χ3n) is 6.74. The van der Waals surface area contributed by atoms with Gasteiger partial charge >= 0.3 is 6.03 Å². The van der Waals surface area contributed by atoms with Crippen molar-refractivity contribution in [3.8, 4) is 22.3 Å². The maximum atomic E-state index is 11.8. The van der Waals surface area contributed by atoms with Crippen molar-refractivity contribution in [3.05, 3.63) is 96.6 Å². The van der Waals surface area contributed by atoms with Crippen LogP contribution in [0, 0.1) is 0 Å². The summed E-state index contributed by atoms with van der Waals surface area (Å²) in [7, 11) is 0. The molecule has 2 N–H and O–H groups in total. The third kappa shape index (κ3) is 5.62. The molecule has 2 aliphatic heterocycles. The third-order valence-corrected chi connectivity index (χ3v) is 6.74. The Morgan fingerprint density at radius 3 is 1.76 bits per heavy atom. The van der Waals surface area contributed by atoms with E-state index in [4.69, 9.17) is 5.73 Å². The number of fused-ring (bicyclic) bond motifs is 4. The minimum Gasteiger partial charge on any atom is -0.351 e. The number of nitrogens with zero attached hydrogens (tertiary/aromatic N) is 4. The number of Topliss-reactive ketones (excluding diaryl/α,β-unsaturated/α-hetero) is 1. The standard InChI is InChI=1S/C10H9N3O3.C9H8N2O2.2C6H4/c1-5(14)8-6-2-3-12-4-7(6)13(9(8)15)10(11)16;1-6(12)11-8-5-10-3-2-7(8)4-9(11)13;2*1-2-5-4-6(5)3-1/h2-4,8H,1H3,(H2,11,16);2-3,5H,4H2,1H3;2*1-4H. The molecule has 2 aromatic rings. The van der Waals surface area contributed by atoms with Crippen LogP contribution in [0.25, 0.3) is 22.3 Å². The Morgan fingerprint density at radius 1 is 0.780 bits per heavy atom. The summed E-state index contributed by atoms with van der Waals surface area (Å²) < 4.78 is 0. The largest absolute Gasteiger partial charge is 0.351 e. The zero-order valence-corrected chi connectivity index (χ0v) is 22.3. The van der Waals surface area contributed by atoms with E-state index in [1.54, 1.807) is 24.5 Å². The molecular formula is C31H25N5O5. The molecule has 2 aromatic heterocycles. The smallest absolute Gasteiger partial charge is 0.326 e. The summed E-state index contributed by atoms with van der Waals surface area (Å²) in [5.41, 5.74) is 13.1. The van der Waals surface area contributed by atoms with Gasteiger partial charge in [0.1, 0.15) is 11.7 Å². The van der Waals surface area contributed by atoms with Gasteiger partial charge in [0.15, 0.2) is 0 Å². The zero-order valence-electron chi connectivity index (χ0n) is 22.3. The van der Waals surface area contributed by atoms with Crippen molar-refractivity contribution in [2.75, 3.05) is 9.80 Å². The zero-order chi connectivity index (χ0) is 29.3. The van der Waals surface area contributed by atoms with Crippen LogP contribution in [0.3, 0.4) is 0 Å². The van der Waals surface area contributed by atoms with Crippen LogP contribution in [0.1, 0.15) is 30.9 Å². The highest BCUT2D eigenvalue weighted by atomic mass is 16.2. The Kier molecular flexibility index (Phi) is 7.22. The molecule has 0 bridgehead atoms. The van der Waals surface area contributed by atoms with Crippen LogP contribution in [0.5, 0.6) is 0 Å². The summed E-state index contributed by atoms with van der Waals surface area (Å²) in [6.45, 7) is 2.68. The Morgan fingerprint density at radius 2 is 1.32 bits per heavy atom. The van der Waals surface area contributed by atoms with Crippen LogP contribution in [0.15, 0.2) is 85.5 Å². The number of pyridine rings is 2. The lowest BCUT2D eigenvalue weighted by Crippen LogP contribution is -2.40. The molecule has 0 aromatic carbocycles. The van der Waals surface area contributed by atoms with Crippen LogP contribution in [0.2, 0.25) is 0 Å². The Balaban J connectivity index is 0.000000118. The number of carbonyl (C=O) groups is 5. The van der Waals surface area contributed by atoms with Crippen LogP contribution in [0.4, 0.5) is 16.2 Å². The van der Waals surface area contributed by atoms with Gasteiger partial charge in [-0.05, 0) is 64.6 Å². The predicted molar refractivity (Wildman–Crippen MR) is 152 cm³/mol. The van der Waals surface area contributed by atoms with E-state index in [2.05, 4.69) is 58.5 Å². The van der Waals surface area contributed by atoms with Crippen molar-refractivity contribution in [2.24, 2.45) is 5.73 Å². The first-order valence-corrected chi connectivity index (χ1v) is 12.7. The molecule has 41 heavy (non-hydrogen) atoms. The van der Waals surface area contributed by atoms with Crippen LogP contribution in [-0.2, 0) is 25.6 Å². The first kappa shape index (κ1) is 27.1. The van der Waals surface area contributed by atoms with Crippen molar-refractivity contribution in [1.82, 2.24) is 9.97 Å². The van der Waals surface area contributed by atoms with Crippen LogP contribution >= 0.6 is 0 Å². The number of benzene rings is 2. The molecule has 204 valence electrons. The second-order valence-electron chi connectivity index (χ2n) is 9.58. The Labute approximate surface area is 235 Å². The number of nitrogens with two attached hydrogens (primary N) is 1. The van der Waals surface area contributed by atoms with E-state index in [9.17, 15) is 24.0 Å². The Hall–Kier alpha value is -5.51. The lowest BCUT2D eigenvalue weighted by Gasteiger charge is -2.11. The van der Waals surface area contributed by atoms with Gasteiger partial charge < -0.3 is 5.73 Å². The molecule has 0 saturated heterocycles. The molecule has 1 atom stereocenters. The number of ketones is 1. The summed E-state index contributed by atoms with van der Waals surface area (Å²) in [6.07, 6.45) is 6.28. The molecule has 10 heteroatoms. The van der Waals surface area contributed by atoms with E-state index in [0.29, 0.717) is 23.4 Å². The van der Waals surface area contributed by atoms with Crippen LogP contribution in [-0.4, -0.2) is 39.5 Å². The monoisotopic (exact) mass is 547 g/mol. The molecule has 8 rings (SSSR count). The van der Waals surface area contributed by atoms with E-state index in [-0.39, 0.29) is 17.6 Å². The number of urea groups is 1. The Bertz CT molecular complexity index is 1610. The van der Waals surface area contributed by atoms with Crippen molar-refractivity contribution < 1.29 is 24.0 Å². The summed E-state index contributed by atoms with van der Waals surface area (Å²) in [4.78, 5) is 66.4. The molecule has 10 nitrogen and oxygen atoms in total. The van der Waals surface area contributed by atoms with Gasteiger partial charge in [-0.3, -0.25) is 29.1 Å². The molecule has 0 fully saturated rings. The number of hydrogen-bond acceptors (Lipinski definition) is 7. The number of amides is 5. The van der Waals surface area contributed by atoms with Gasteiger partial charge in [0.25, 0.3) is 0 Å². The fourth-order valence-corrected chi connectivity index (χ4v) is 4.67. The summed E-state index contributed by atoms with van der Waals surface area (Å²) >= 11 is 0. The predicted octanol–water partition coefficient (Wildman–Crippen LogP) is 4.03. The molecule has 0 spiro atoms. The number of hydrogen-bond donors (Lipinski definition) is 1. The normalized spacial score (nSPS) is 15.1. The minimum absolute atomic E-state index is 0.171. The lowest BCUT2D eigenvalue weighted by atomic mass is 9.98. The molecule has 6 aliphatic rings. The van der Waals surface area contributed by atoms with Gasteiger partial charge in [-0.2, -0.15) is 0 Å². The summed E-state index contributed by atoms with van der Waals surface area (Å²) in [5, 5.41) is 0. The SMILES string of the molecule is CC(=O)C1C(=O)N(C(N)=O)c2cnccc21.CC(=O)N1C(=O)Cc2ccncc21.c1cc2cc-2c1.c1cc2cc-2c1. The number of rotatable bonds is 1. The summed E-state index contributed by atoms with van der Waals surface area (Å²) in [6, 6.07) is 19.4. The van der Waals surface area contributed by atoms with Crippen LogP contribution < -0.4 is 15.5 Å². The van der Waals surface area contributed by atoms with Crippen molar-refractivity contribution in [2.45, 2.75) is 26.2 Å². The first-order valence-electron chi connectivity index (χ1n) is 12.7. The topological polar surface area (TPSA) is 144 Å². The average molecular weight is 548 g/mol. The highest BCUT2D eigenvalue weighted by Crippen LogP contribution is 2.37. The molecular weight excluding hydrogens is 522 g/mol. The summed E-state index contributed by atoms with van der Waals surface area (Å²) in [5.74, 6) is -2.29. The van der Waals surface area contributed by atoms with E-state index in [0.717, 1.165) is 10.5 Å². The number of imide groups is 2. The maximum Gasteiger partial charge on any atom is 0.326 e. The van der Waals surface area contributed by atoms with E-state index < -0.39 is 17.9 Å². The van der Waals surface area contributed by atoms with Gasteiger partial charge in [-0.1, -0.05) is 36.4 Å². The van der Waals surface area contributed by atoms with E-state index in [1.807, 2.05) is 0 Å². The second-order valence-corrected chi connectivity index (χ2v) is 9.58. The molecule has 0 saturated carbocycles. The van der Waals surface area contributed by atoms with Crippen molar-refractivity contribution in [3.63, 3.8) is 0 Å². The molecule has 4 aliphatic carbocycles. The average Bonchev–Trinajstić information content (AvgIpc) is 3.59. The molecule has 4 heterocycles. The second kappa shape index (κ2) is 10.9. The fourth-order valence-electron chi connectivity index (χ4n) is 4.67. The van der Waals surface area contributed by atoms with Gasteiger partial charge in [0.2, 0.25) is 17.7 Å². The minimum atomic E-state index is -0.939. The van der Waals surface area contributed by atoms with E-state index >= 15 is 0 Å². The molecule has 5 amide bonds. The number of anilines is 2. The highest BCUT2D eigenvalue weighted by molar-refractivity contribution is 6.26. The lowest BCUT2D eigenvalue weighted by molar-refractivity contribution is -0.127. The molecule has 1 unspecified atom stereocenters. The van der Waals surface area contributed by atoms with Gasteiger partial charge in [-0.25, -0.2) is 14.6 Å².